The maximum atomic E-state index is 12.6. The van der Waals surface area contributed by atoms with Gasteiger partial charge < -0.3 is 9.88 Å². The summed E-state index contributed by atoms with van der Waals surface area (Å²) in [5.41, 5.74) is -1.86. The number of fused-ring (bicyclic) bond motifs is 1. The third kappa shape index (κ3) is 4.77. The molecule has 0 saturated carbocycles. The number of carbonyl (C=O) groups is 1. The number of imidazole rings is 1. The minimum atomic E-state index is -4.54. The Labute approximate surface area is 181 Å². The van der Waals surface area contributed by atoms with Gasteiger partial charge in [-0.1, -0.05) is 11.6 Å². The van der Waals surface area contributed by atoms with Crippen LogP contribution in [-0.4, -0.2) is 41.9 Å². The standard InChI is InChI=1S/C17H16ClF3N6O3S/c1-25-8-24-13-12(25)15(29)27(16(30)26(13)2)7-11(28)22-3-4-31-14-10(18)5-9(6-23-14)17(19,20)21/h5-6,8H,3-4,7H2,1-2H3,(H,22,28). The first-order chi connectivity index (χ1) is 14.5. The van der Waals surface area contributed by atoms with E-state index in [1.54, 1.807) is 7.05 Å². The molecule has 0 saturated heterocycles. The van der Waals surface area contributed by atoms with Crippen LogP contribution in [0, 0.1) is 0 Å². The lowest BCUT2D eigenvalue weighted by atomic mass is 10.3. The number of carbonyl (C=O) groups excluding carboxylic acids is 1. The van der Waals surface area contributed by atoms with E-state index in [4.69, 9.17) is 11.6 Å². The predicted octanol–water partition coefficient (Wildman–Crippen LogP) is 1.41. The van der Waals surface area contributed by atoms with Crippen LogP contribution in [0.15, 0.2) is 33.2 Å². The van der Waals surface area contributed by atoms with Crippen LogP contribution in [0.1, 0.15) is 5.56 Å². The molecule has 14 heteroatoms. The van der Waals surface area contributed by atoms with Gasteiger partial charge in [0.1, 0.15) is 11.6 Å². The molecule has 0 aliphatic carbocycles. The van der Waals surface area contributed by atoms with E-state index in [1.807, 2.05) is 0 Å². The molecule has 1 N–H and O–H groups in total. The summed E-state index contributed by atoms with van der Waals surface area (Å²) in [6.45, 7) is -0.373. The van der Waals surface area contributed by atoms with Crippen molar-refractivity contribution in [3.8, 4) is 0 Å². The van der Waals surface area contributed by atoms with E-state index >= 15 is 0 Å². The number of thioether (sulfide) groups is 1. The van der Waals surface area contributed by atoms with Crippen LogP contribution in [0.25, 0.3) is 11.2 Å². The fourth-order valence-corrected chi connectivity index (χ4v) is 3.81. The average Bonchev–Trinajstić information content (AvgIpc) is 3.09. The Hall–Kier alpha value is -2.80. The monoisotopic (exact) mass is 476 g/mol. The van der Waals surface area contributed by atoms with Gasteiger partial charge in [-0.3, -0.25) is 14.2 Å². The highest BCUT2D eigenvalue weighted by Crippen LogP contribution is 2.33. The first-order valence-electron chi connectivity index (χ1n) is 8.73. The number of pyridine rings is 1. The molecule has 0 fully saturated rings. The van der Waals surface area contributed by atoms with E-state index < -0.39 is 35.4 Å². The molecular weight excluding hydrogens is 461 g/mol. The molecule has 0 atom stereocenters. The van der Waals surface area contributed by atoms with Gasteiger partial charge in [0.05, 0.1) is 16.9 Å². The number of amides is 1. The maximum absolute atomic E-state index is 12.6. The lowest BCUT2D eigenvalue weighted by Gasteiger charge is -2.10. The Kier molecular flexibility index (Phi) is 6.46. The van der Waals surface area contributed by atoms with Crippen LogP contribution in [0.4, 0.5) is 13.2 Å². The van der Waals surface area contributed by atoms with Crippen molar-refractivity contribution in [2.75, 3.05) is 12.3 Å². The van der Waals surface area contributed by atoms with Crippen LogP contribution in [-0.2, 0) is 31.6 Å². The Morgan fingerprint density at radius 2 is 1.97 bits per heavy atom. The highest BCUT2D eigenvalue weighted by molar-refractivity contribution is 7.99. The third-order valence-electron chi connectivity index (χ3n) is 4.30. The zero-order chi connectivity index (χ0) is 22.9. The molecule has 0 unspecified atom stereocenters. The van der Waals surface area contributed by atoms with Crippen LogP contribution in [0.3, 0.4) is 0 Å². The quantitative estimate of drug-likeness (QED) is 0.426. The Balaban J connectivity index is 1.61. The number of nitrogens with one attached hydrogen (secondary N) is 1. The molecule has 3 aromatic rings. The minimum absolute atomic E-state index is 0.117. The number of nitrogens with zero attached hydrogens (tertiary/aromatic N) is 5. The maximum Gasteiger partial charge on any atom is 0.417 e. The Morgan fingerprint density at radius 1 is 1.26 bits per heavy atom. The second-order valence-corrected chi connectivity index (χ2v) is 7.96. The molecular formula is C17H16ClF3N6O3S. The van der Waals surface area contributed by atoms with E-state index in [1.165, 1.54) is 22.5 Å². The van der Waals surface area contributed by atoms with Crippen LogP contribution in [0.5, 0.6) is 0 Å². The normalized spacial score (nSPS) is 11.8. The molecule has 166 valence electrons. The average molecular weight is 477 g/mol. The summed E-state index contributed by atoms with van der Waals surface area (Å²) in [6.07, 6.45) is -2.46. The molecule has 0 aliphatic rings. The predicted molar refractivity (Wildman–Crippen MR) is 108 cm³/mol. The zero-order valence-electron chi connectivity index (χ0n) is 16.2. The van der Waals surface area contributed by atoms with E-state index in [9.17, 15) is 27.6 Å². The number of alkyl halides is 3. The van der Waals surface area contributed by atoms with Gasteiger partial charge in [-0.2, -0.15) is 13.2 Å². The minimum Gasteiger partial charge on any atom is -0.354 e. The number of halogens is 4. The molecule has 0 aliphatic heterocycles. The first-order valence-corrected chi connectivity index (χ1v) is 10.1. The van der Waals surface area contributed by atoms with Gasteiger partial charge in [-0.15, -0.1) is 11.8 Å². The molecule has 0 aromatic carbocycles. The summed E-state index contributed by atoms with van der Waals surface area (Å²) in [6, 6.07) is 0.784. The fourth-order valence-electron chi connectivity index (χ4n) is 2.76. The van der Waals surface area contributed by atoms with Gasteiger partial charge in [0, 0.05) is 32.6 Å². The van der Waals surface area contributed by atoms with Gasteiger partial charge in [0.15, 0.2) is 11.2 Å². The van der Waals surface area contributed by atoms with Crippen molar-refractivity contribution in [2.45, 2.75) is 17.7 Å². The van der Waals surface area contributed by atoms with Crippen molar-refractivity contribution in [2.24, 2.45) is 14.1 Å². The molecule has 31 heavy (non-hydrogen) atoms. The molecule has 1 amide bonds. The number of hydrogen-bond acceptors (Lipinski definition) is 6. The largest absolute Gasteiger partial charge is 0.417 e. The van der Waals surface area contributed by atoms with E-state index in [2.05, 4.69) is 15.3 Å². The van der Waals surface area contributed by atoms with Crippen molar-refractivity contribution >= 4 is 40.4 Å². The highest BCUT2D eigenvalue weighted by atomic mass is 35.5. The lowest BCUT2D eigenvalue weighted by Crippen LogP contribution is -2.43. The second kappa shape index (κ2) is 8.75. The summed E-state index contributed by atoms with van der Waals surface area (Å²) in [4.78, 5) is 44.9. The molecule has 3 heterocycles. The van der Waals surface area contributed by atoms with Gasteiger partial charge in [0.25, 0.3) is 5.56 Å². The molecule has 0 spiro atoms. The van der Waals surface area contributed by atoms with Crippen molar-refractivity contribution < 1.29 is 18.0 Å². The highest BCUT2D eigenvalue weighted by Gasteiger charge is 2.31. The number of aryl methyl sites for hydroxylation is 2. The number of aromatic nitrogens is 5. The van der Waals surface area contributed by atoms with Gasteiger partial charge >= 0.3 is 11.9 Å². The Bertz CT molecular complexity index is 1270. The van der Waals surface area contributed by atoms with Crippen molar-refractivity contribution in [1.29, 1.82) is 0 Å². The van der Waals surface area contributed by atoms with Crippen molar-refractivity contribution in [1.82, 2.24) is 29.0 Å². The zero-order valence-corrected chi connectivity index (χ0v) is 17.8. The topological polar surface area (TPSA) is 104 Å². The smallest absolute Gasteiger partial charge is 0.354 e. The van der Waals surface area contributed by atoms with Gasteiger partial charge in [0.2, 0.25) is 5.91 Å². The summed E-state index contributed by atoms with van der Waals surface area (Å²) in [7, 11) is 3.05. The van der Waals surface area contributed by atoms with Gasteiger partial charge in [-0.05, 0) is 6.07 Å². The molecule has 0 bridgehead atoms. The SMILES string of the molecule is Cn1cnc2c1c(=O)n(CC(=O)NCCSc1ncc(C(F)(F)F)cc1Cl)c(=O)n2C. The van der Waals surface area contributed by atoms with E-state index in [0.29, 0.717) is 6.20 Å². The summed E-state index contributed by atoms with van der Waals surface area (Å²) in [5, 5.41) is 2.59. The summed E-state index contributed by atoms with van der Waals surface area (Å²) >= 11 is 6.89. The summed E-state index contributed by atoms with van der Waals surface area (Å²) < 4.78 is 41.4. The van der Waals surface area contributed by atoms with E-state index in [-0.39, 0.29) is 33.5 Å². The van der Waals surface area contributed by atoms with E-state index in [0.717, 1.165) is 22.4 Å². The van der Waals surface area contributed by atoms with Gasteiger partial charge in [-0.25, -0.2) is 19.3 Å². The first kappa shape index (κ1) is 22.9. The molecule has 3 rings (SSSR count). The lowest BCUT2D eigenvalue weighted by molar-refractivity contribution is -0.137. The van der Waals surface area contributed by atoms with Crippen LogP contribution < -0.4 is 16.6 Å². The molecule has 0 radical (unpaired) electrons. The number of hydrogen-bond donors (Lipinski definition) is 1. The molecule has 3 aromatic heterocycles. The van der Waals surface area contributed by atoms with Crippen LogP contribution in [0.2, 0.25) is 5.02 Å². The van der Waals surface area contributed by atoms with Crippen LogP contribution >= 0.6 is 23.4 Å². The Morgan fingerprint density at radius 3 is 2.61 bits per heavy atom. The number of rotatable bonds is 6. The fraction of sp³-hybridized carbons (Fsp3) is 0.353. The van der Waals surface area contributed by atoms with Crippen molar-refractivity contribution in [3.63, 3.8) is 0 Å². The second-order valence-electron chi connectivity index (χ2n) is 6.47. The summed E-state index contributed by atoms with van der Waals surface area (Å²) in [5.74, 6) is -0.315. The molecule has 9 nitrogen and oxygen atoms in total. The third-order valence-corrected chi connectivity index (χ3v) is 5.71. The van der Waals surface area contributed by atoms with Crippen molar-refractivity contribution in [3.05, 3.63) is 50.0 Å².